The van der Waals surface area contributed by atoms with Crippen LogP contribution in [0.5, 0.6) is 0 Å². The van der Waals surface area contributed by atoms with Crippen molar-refractivity contribution < 1.29 is 14.9 Å². The summed E-state index contributed by atoms with van der Waals surface area (Å²) in [7, 11) is 3.97. The number of pyridine rings is 1. The lowest BCUT2D eigenvalue weighted by atomic mass is 9.53. The molecule has 1 aromatic heterocycles. The van der Waals surface area contributed by atoms with E-state index in [4.69, 9.17) is 16.3 Å². The lowest BCUT2D eigenvalue weighted by Crippen LogP contribution is -2.72. The molecule has 1 aromatic rings. The molecule has 6 heteroatoms. The van der Waals surface area contributed by atoms with Gasteiger partial charge in [0.05, 0.1) is 28.3 Å². The normalized spacial score (nSPS) is 48.6. The third kappa shape index (κ3) is 3.18. The van der Waals surface area contributed by atoms with Gasteiger partial charge < -0.3 is 19.8 Å². The number of hydrogen-bond acceptors (Lipinski definition) is 5. The van der Waals surface area contributed by atoms with Crippen LogP contribution in [0.1, 0.15) is 63.1 Å². The Morgan fingerprint density at radius 2 is 1.91 bits per heavy atom. The summed E-state index contributed by atoms with van der Waals surface area (Å²) in [6.45, 7) is 4.46. The average molecular weight is 499 g/mol. The highest BCUT2D eigenvalue weighted by Gasteiger charge is 2.76. The number of aromatic nitrogens is 1. The van der Waals surface area contributed by atoms with Crippen LogP contribution in [0.3, 0.4) is 0 Å². The van der Waals surface area contributed by atoms with Crippen molar-refractivity contribution in [1.29, 1.82) is 0 Å². The SMILES string of the molecule is Cc1ncccc1/C=C/C1=CCC2[C@@]34CC[C@]5(C[C@H](N(C)C)[C@@H](O)[C@H](O)C5CC3(Cl)CC[C@]12C)O4. The van der Waals surface area contributed by atoms with Gasteiger partial charge in [0, 0.05) is 29.8 Å². The van der Waals surface area contributed by atoms with Crippen molar-refractivity contribution in [2.24, 2.45) is 17.3 Å². The third-order valence-electron chi connectivity index (χ3n) is 10.8. The molecule has 190 valence electrons. The Morgan fingerprint density at radius 1 is 1.11 bits per heavy atom. The van der Waals surface area contributed by atoms with E-state index in [9.17, 15) is 10.2 Å². The molecule has 5 aliphatic rings. The van der Waals surface area contributed by atoms with Gasteiger partial charge in [-0.25, -0.2) is 0 Å². The predicted molar refractivity (Wildman–Crippen MR) is 138 cm³/mol. The molecule has 2 bridgehead atoms. The van der Waals surface area contributed by atoms with E-state index >= 15 is 0 Å². The molecular formula is C29H39ClN2O3. The average Bonchev–Trinajstić information content (AvgIpc) is 3.34. The summed E-state index contributed by atoms with van der Waals surface area (Å²) in [4.78, 5) is 5.98. The quantitative estimate of drug-likeness (QED) is 0.601. The van der Waals surface area contributed by atoms with Crippen LogP contribution < -0.4 is 0 Å². The molecule has 3 heterocycles. The lowest BCUT2D eigenvalue weighted by molar-refractivity contribution is -0.277. The van der Waals surface area contributed by atoms with Gasteiger partial charge >= 0.3 is 0 Å². The minimum Gasteiger partial charge on any atom is -0.390 e. The molecule has 0 aromatic carbocycles. The molecule has 2 saturated heterocycles. The molecule has 3 aliphatic carbocycles. The van der Waals surface area contributed by atoms with Gasteiger partial charge in [-0.05, 0) is 88.6 Å². The molecule has 6 rings (SSSR count). The molecule has 4 fully saturated rings. The molecule has 2 N–H and O–H groups in total. The number of aryl methyl sites for hydroxylation is 1. The Hall–Kier alpha value is -1.24. The van der Waals surface area contributed by atoms with Crippen LogP contribution in [-0.2, 0) is 4.74 Å². The Labute approximate surface area is 214 Å². The third-order valence-corrected chi connectivity index (χ3v) is 11.4. The van der Waals surface area contributed by atoms with Crippen molar-refractivity contribution in [1.82, 2.24) is 9.88 Å². The number of likely N-dealkylation sites (N-methyl/N-ethyl adjacent to an activating group) is 1. The molecule has 2 spiro atoms. The van der Waals surface area contributed by atoms with E-state index in [1.807, 2.05) is 31.3 Å². The van der Waals surface area contributed by atoms with Gasteiger partial charge in [-0.3, -0.25) is 4.98 Å². The van der Waals surface area contributed by atoms with Crippen molar-refractivity contribution in [2.75, 3.05) is 14.1 Å². The van der Waals surface area contributed by atoms with Gasteiger partial charge in [-0.15, -0.1) is 11.6 Å². The minimum atomic E-state index is -0.806. The fraction of sp³-hybridized carbons (Fsp3) is 0.690. The molecule has 35 heavy (non-hydrogen) atoms. The second-order valence-corrected chi connectivity index (χ2v) is 13.1. The van der Waals surface area contributed by atoms with E-state index in [0.717, 1.165) is 56.2 Å². The van der Waals surface area contributed by atoms with E-state index in [0.29, 0.717) is 5.92 Å². The highest BCUT2D eigenvalue weighted by molar-refractivity contribution is 6.25. The van der Waals surface area contributed by atoms with Crippen LogP contribution in [0, 0.1) is 24.2 Å². The maximum atomic E-state index is 11.3. The fourth-order valence-corrected chi connectivity index (χ4v) is 9.23. The number of halogens is 1. The Balaban J connectivity index is 1.33. The highest BCUT2D eigenvalue weighted by Crippen LogP contribution is 2.72. The second-order valence-electron chi connectivity index (χ2n) is 12.4. The number of aliphatic hydroxyl groups is 2. The van der Waals surface area contributed by atoms with Crippen molar-refractivity contribution in [3.05, 3.63) is 47.3 Å². The summed E-state index contributed by atoms with van der Waals surface area (Å²) in [5.74, 6) is 0.200. The first-order valence-electron chi connectivity index (χ1n) is 13.3. The first-order valence-corrected chi connectivity index (χ1v) is 13.7. The Bertz CT molecular complexity index is 1090. The number of allylic oxidation sites excluding steroid dienone is 3. The molecule has 0 amide bonds. The number of aliphatic hydroxyl groups excluding tert-OH is 2. The zero-order valence-corrected chi connectivity index (χ0v) is 22.1. The van der Waals surface area contributed by atoms with Crippen molar-refractivity contribution in [2.45, 2.75) is 93.1 Å². The first-order chi connectivity index (χ1) is 16.6. The van der Waals surface area contributed by atoms with Gasteiger partial charge in [-0.1, -0.05) is 31.2 Å². The van der Waals surface area contributed by atoms with Gasteiger partial charge in [0.25, 0.3) is 0 Å². The molecule has 3 unspecified atom stereocenters. The maximum Gasteiger partial charge on any atom is 0.0958 e. The lowest BCUT2D eigenvalue weighted by Gasteiger charge is -2.65. The number of fused-ring (bicyclic) bond motifs is 1. The van der Waals surface area contributed by atoms with Gasteiger partial charge in [-0.2, -0.15) is 0 Å². The standard InChI is InChI=1S/C29H39ClN2O3/c1-18-19(6-5-15-31-18)7-8-20-9-10-23-26(20,2)11-13-28(30)16-21-24(33)25(34)22(32(3)4)17-27(21)12-14-29(23,28)35-27/h5-9,15,21-25,33-34H,10-14,16-17H2,1-4H3/b8-7+/t21?,22-,23?,24+,25+,26+,27+,28?,29-/m0/s1. The molecule has 0 radical (unpaired) electrons. The van der Waals surface area contributed by atoms with E-state index in [1.165, 1.54) is 5.57 Å². The molecule has 2 saturated carbocycles. The van der Waals surface area contributed by atoms with Crippen molar-refractivity contribution >= 4 is 17.7 Å². The summed E-state index contributed by atoms with van der Waals surface area (Å²) in [6.07, 6.45) is 13.3. The zero-order valence-electron chi connectivity index (χ0n) is 21.4. The fourth-order valence-electron chi connectivity index (χ4n) is 8.70. The van der Waals surface area contributed by atoms with Crippen LogP contribution in [0.15, 0.2) is 36.1 Å². The van der Waals surface area contributed by atoms with E-state index in [-0.39, 0.29) is 17.4 Å². The number of hydrogen-bond donors (Lipinski definition) is 2. The van der Waals surface area contributed by atoms with E-state index < -0.39 is 28.3 Å². The highest BCUT2D eigenvalue weighted by atomic mass is 35.5. The topological polar surface area (TPSA) is 65.8 Å². The van der Waals surface area contributed by atoms with Crippen LogP contribution in [0.2, 0.25) is 0 Å². The summed E-state index contributed by atoms with van der Waals surface area (Å²) < 4.78 is 7.29. The minimum absolute atomic E-state index is 0.0110. The largest absolute Gasteiger partial charge is 0.390 e. The van der Waals surface area contributed by atoms with Gasteiger partial charge in [0.15, 0.2) is 0 Å². The molecule has 9 atom stereocenters. The number of nitrogens with zero attached hydrogens (tertiary/aromatic N) is 2. The monoisotopic (exact) mass is 498 g/mol. The zero-order chi connectivity index (χ0) is 24.8. The molecular weight excluding hydrogens is 460 g/mol. The van der Waals surface area contributed by atoms with Crippen molar-refractivity contribution in [3.8, 4) is 0 Å². The van der Waals surface area contributed by atoms with Crippen LogP contribution >= 0.6 is 11.6 Å². The van der Waals surface area contributed by atoms with E-state index in [1.54, 1.807) is 0 Å². The summed E-state index contributed by atoms with van der Waals surface area (Å²) >= 11 is 7.58. The second kappa shape index (κ2) is 7.88. The first kappa shape index (κ1) is 24.1. The number of rotatable bonds is 3. The number of alkyl halides is 1. The molecule has 5 nitrogen and oxygen atoms in total. The van der Waals surface area contributed by atoms with Gasteiger partial charge in [0.1, 0.15) is 0 Å². The predicted octanol–water partition coefficient (Wildman–Crippen LogP) is 4.49. The van der Waals surface area contributed by atoms with Crippen LogP contribution in [0.4, 0.5) is 0 Å². The Kier molecular flexibility index (Phi) is 5.43. The van der Waals surface area contributed by atoms with Crippen LogP contribution in [-0.4, -0.2) is 68.5 Å². The number of ether oxygens (including phenoxy) is 1. The van der Waals surface area contributed by atoms with Crippen molar-refractivity contribution in [3.63, 3.8) is 0 Å². The van der Waals surface area contributed by atoms with E-state index in [2.05, 4.69) is 43.1 Å². The Morgan fingerprint density at radius 3 is 2.66 bits per heavy atom. The molecule has 2 aliphatic heterocycles. The smallest absolute Gasteiger partial charge is 0.0958 e. The van der Waals surface area contributed by atoms with Crippen LogP contribution in [0.25, 0.3) is 6.08 Å². The summed E-state index contributed by atoms with van der Waals surface area (Å²) in [5, 5.41) is 22.2. The summed E-state index contributed by atoms with van der Waals surface area (Å²) in [6, 6.07) is 3.99. The van der Waals surface area contributed by atoms with Gasteiger partial charge in [0.2, 0.25) is 0 Å². The maximum absolute atomic E-state index is 11.3. The summed E-state index contributed by atoms with van der Waals surface area (Å²) in [5.41, 5.74) is 2.79.